The second kappa shape index (κ2) is 6.68. The summed E-state index contributed by atoms with van der Waals surface area (Å²) in [4.78, 5) is 0. The van der Waals surface area contributed by atoms with Crippen LogP contribution >= 0.6 is 12.4 Å². The topological polar surface area (TPSA) is 35.2 Å². The fourth-order valence-corrected chi connectivity index (χ4v) is 1.33. The van der Waals surface area contributed by atoms with Crippen LogP contribution in [0.1, 0.15) is 31.4 Å². The van der Waals surface area contributed by atoms with Crippen LogP contribution in [0.25, 0.3) is 0 Å². The van der Waals surface area contributed by atoms with Gasteiger partial charge in [0.25, 0.3) is 0 Å². The molecule has 1 aromatic carbocycles. The lowest BCUT2D eigenvalue weighted by Gasteiger charge is -2.10. The van der Waals surface area contributed by atoms with E-state index in [1.54, 1.807) is 7.11 Å². The molecular weight excluding hydrogens is 198 g/mol. The van der Waals surface area contributed by atoms with Crippen molar-refractivity contribution in [3.63, 3.8) is 0 Å². The Morgan fingerprint density at radius 1 is 1.29 bits per heavy atom. The average Bonchev–Trinajstić information content (AvgIpc) is 2.18. The molecule has 80 valence electrons. The highest BCUT2D eigenvalue weighted by Gasteiger charge is 2.03. The minimum atomic E-state index is 0. The SMILES string of the molecule is CCC[C@@H](N)c1ccc(OC)cc1.Cl. The van der Waals surface area contributed by atoms with Crippen LogP contribution in [0.4, 0.5) is 0 Å². The lowest BCUT2D eigenvalue weighted by Crippen LogP contribution is -2.09. The van der Waals surface area contributed by atoms with Crippen LogP contribution in [0, 0.1) is 0 Å². The van der Waals surface area contributed by atoms with Gasteiger partial charge in [-0.2, -0.15) is 0 Å². The number of methoxy groups -OCH3 is 1. The Balaban J connectivity index is 0.00000169. The second-order valence-electron chi connectivity index (χ2n) is 3.17. The largest absolute Gasteiger partial charge is 0.497 e. The molecule has 0 heterocycles. The molecule has 3 heteroatoms. The van der Waals surface area contributed by atoms with Crippen LogP contribution in [0.2, 0.25) is 0 Å². The van der Waals surface area contributed by atoms with Gasteiger partial charge in [-0.1, -0.05) is 25.5 Å². The van der Waals surface area contributed by atoms with E-state index in [4.69, 9.17) is 10.5 Å². The molecule has 1 aromatic rings. The zero-order valence-electron chi connectivity index (χ0n) is 8.69. The molecule has 1 rings (SSSR count). The molecule has 2 nitrogen and oxygen atoms in total. The van der Waals surface area contributed by atoms with E-state index in [1.807, 2.05) is 24.3 Å². The monoisotopic (exact) mass is 215 g/mol. The first-order chi connectivity index (χ1) is 6.27. The van der Waals surface area contributed by atoms with E-state index in [2.05, 4.69) is 6.92 Å². The number of nitrogens with two attached hydrogens (primary N) is 1. The molecule has 0 amide bonds. The molecule has 0 aromatic heterocycles. The van der Waals surface area contributed by atoms with Gasteiger partial charge in [0.1, 0.15) is 5.75 Å². The van der Waals surface area contributed by atoms with E-state index < -0.39 is 0 Å². The lowest BCUT2D eigenvalue weighted by molar-refractivity contribution is 0.414. The van der Waals surface area contributed by atoms with Crippen LogP contribution in [-0.2, 0) is 0 Å². The van der Waals surface area contributed by atoms with Gasteiger partial charge in [0.15, 0.2) is 0 Å². The molecule has 2 N–H and O–H groups in total. The van der Waals surface area contributed by atoms with Crippen molar-refractivity contribution in [3.05, 3.63) is 29.8 Å². The molecular formula is C11H18ClNO. The fourth-order valence-electron chi connectivity index (χ4n) is 1.33. The normalized spacial score (nSPS) is 11.6. The van der Waals surface area contributed by atoms with E-state index >= 15 is 0 Å². The summed E-state index contributed by atoms with van der Waals surface area (Å²) in [5.74, 6) is 0.882. The molecule has 0 aliphatic heterocycles. The van der Waals surface area contributed by atoms with Crippen molar-refractivity contribution in [2.75, 3.05) is 7.11 Å². The van der Waals surface area contributed by atoms with Gasteiger partial charge in [0, 0.05) is 6.04 Å². The van der Waals surface area contributed by atoms with Gasteiger partial charge in [-0.05, 0) is 24.1 Å². The van der Waals surface area contributed by atoms with E-state index in [0.717, 1.165) is 18.6 Å². The average molecular weight is 216 g/mol. The standard InChI is InChI=1S/C11H17NO.ClH/c1-3-4-11(12)9-5-7-10(13-2)8-6-9;/h5-8,11H,3-4,12H2,1-2H3;1H/t11-;/m1./s1. The molecule has 0 saturated heterocycles. The Labute approximate surface area is 91.9 Å². The Kier molecular flexibility index (Phi) is 6.34. The predicted octanol–water partition coefficient (Wildman–Crippen LogP) is 2.92. The van der Waals surface area contributed by atoms with Crippen molar-refractivity contribution >= 4 is 12.4 Å². The Morgan fingerprint density at radius 2 is 1.86 bits per heavy atom. The Hall–Kier alpha value is -0.730. The summed E-state index contributed by atoms with van der Waals surface area (Å²) in [6, 6.07) is 8.12. The molecule has 0 fully saturated rings. The van der Waals surface area contributed by atoms with Gasteiger partial charge in [-0.15, -0.1) is 12.4 Å². The van der Waals surface area contributed by atoms with Gasteiger partial charge in [-0.25, -0.2) is 0 Å². The smallest absolute Gasteiger partial charge is 0.118 e. The first-order valence-electron chi connectivity index (χ1n) is 4.67. The van der Waals surface area contributed by atoms with Crippen LogP contribution in [0.15, 0.2) is 24.3 Å². The third-order valence-electron chi connectivity index (χ3n) is 2.14. The number of ether oxygens (including phenoxy) is 1. The summed E-state index contributed by atoms with van der Waals surface area (Å²) in [5, 5.41) is 0. The van der Waals surface area contributed by atoms with Crippen LogP contribution in [0.5, 0.6) is 5.75 Å². The zero-order valence-corrected chi connectivity index (χ0v) is 9.51. The molecule has 0 aliphatic rings. The summed E-state index contributed by atoms with van der Waals surface area (Å²) in [6.07, 6.45) is 2.15. The lowest BCUT2D eigenvalue weighted by atomic mass is 10.0. The van der Waals surface area contributed by atoms with Crippen molar-refractivity contribution in [1.29, 1.82) is 0 Å². The van der Waals surface area contributed by atoms with Crippen molar-refractivity contribution in [3.8, 4) is 5.75 Å². The van der Waals surface area contributed by atoms with Crippen LogP contribution < -0.4 is 10.5 Å². The number of hydrogen-bond acceptors (Lipinski definition) is 2. The Morgan fingerprint density at radius 3 is 2.29 bits per heavy atom. The summed E-state index contributed by atoms with van der Waals surface area (Å²) >= 11 is 0. The molecule has 14 heavy (non-hydrogen) atoms. The highest BCUT2D eigenvalue weighted by atomic mass is 35.5. The molecule has 1 atom stereocenters. The predicted molar refractivity (Wildman–Crippen MR) is 62.1 cm³/mol. The number of rotatable bonds is 4. The third kappa shape index (κ3) is 3.56. The highest BCUT2D eigenvalue weighted by molar-refractivity contribution is 5.85. The van der Waals surface area contributed by atoms with Gasteiger partial charge in [0.2, 0.25) is 0 Å². The van der Waals surface area contributed by atoms with Gasteiger partial charge in [0.05, 0.1) is 7.11 Å². The summed E-state index contributed by atoms with van der Waals surface area (Å²) in [5.41, 5.74) is 7.14. The highest BCUT2D eigenvalue weighted by Crippen LogP contribution is 2.18. The third-order valence-corrected chi connectivity index (χ3v) is 2.14. The quantitative estimate of drug-likeness (QED) is 0.838. The van der Waals surface area contributed by atoms with Gasteiger partial charge >= 0.3 is 0 Å². The fraction of sp³-hybridized carbons (Fsp3) is 0.455. The van der Waals surface area contributed by atoms with Crippen molar-refractivity contribution in [2.45, 2.75) is 25.8 Å². The van der Waals surface area contributed by atoms with Crippen molar-refractivity contribution < 1.29 is 4.74 Å². The maximum atomic E-state index is 5.96. The first kappa shape index (κ1) is 13.3. The van der Waals surface area contributed by atoms with E-state index in [9.17, 15) is 0 Å². The number of benzene rings is 1. The summed E-state index contributed by atoms with van der Waals surface area (Å²) < 4.78 is 5.07. The van der Waals surface area contributed by atoms with Crippen molar-refractivity contribution in [2.24, 2.45) is 5.73 Å². The Bertz CT molecular complexity index is 248. The minimum Gasteiger partial charge on any atom is -0.497 e. The van der Waals surface area contributed by atoms with E-state index in [1.165, 1.54) is 5.56 Å². The number of hydrogen-bond donors (Lipinski definition) is 1. The molecule has 0 saturated carbocycles. The molecule has 0 aliphatic carbocycles. The second-order valence-corrected chi connectivity index (χ2v) is 3.17. The molecule has 0 spiro atoms. The minimum absolute atomic E-state index is 0. The molecule has 0 bridgehead atoms. The summed E-state index contributed by atoms with van der Waals surface area (Å²) in [6.45, 7) is 2.14. The first-order valence-corrected chi connectivity index (χ1v) is 4.67. The van der Waals surface area contributed by atoms with E-state index in [-0.39, 0.29) is 18.4 Å². The maximum Gasteiger partial charge on any atom is 0.118 e. The van der Waals surface area contributed by atoms with E-state index in [0.29, 0.717) is 0 Å². The van der Waals surface area contributed by atoms with Gasteiger partial charge < -0.3 is 10.5 Å². The van der Waals surface area contributed by atoms with Crippen LogP contribution in [-0.4, -0.2) is 7.11 Å². The molecule has 0 unspecified atom stereocenters. The zero-order chi connectivity index (χ0) is 9.68. The summed E-state index contributed by atoms with van der Waals surface area (Å²) in [7, 11) is 1.67. The maximum absolute atomic E-state index is 5.96. The van der Waals surface area contributed by atoms with Gasteiger partial charge in [-0.3, -0.25) is 0 Å². The number of halogens is 1. The van der Waals surface area contributed by atoms with Crippen molar-refractivity contribution in [1.82, 2.24) is 0 Å². The van der Waals surface area contributed by atoms with Crippen LogP contribution in [0.3, 0.4) is 0 Å². The molecule has 0 radical (unpaired) electrons.